The normalized spacial score (nSPS) is 22.7. The number of pyridine rings is 1. The molecule has 0 bridgehead atoms. The summed E-state index contributed by atoms with van der Waals surface area (Å²) in [6, 6.07) is -23.0. The van der Waals surface area contributed by atoms with Crippen molar-refractivity contribution in [1.29, 1.82) is 0 Å². The lowest BCUT2D eigenvalue weighted by Crippen LogP contribution is -2.76. The van der Waals surface area contributed by atoms with E-state index in [1.807, 2.05) is 0 Å². The first kappa shape index (κ1) is 12.1. The highest BCUT2D eigenvalue weighted by molar-refractivity contribution is 7.21. The van der Waals surface area contributed by atoms with Crippen molar-refractivity contribution >= 4 is 50.6 Å². The highest BCUT2D eigenvalue weighted by Gasteiger charge is 2.47. The largest absolute Gasteiger partial charge is 0.441 e. The number of para-hydroxylation sites is 3. The highest BCUT2D eigenvalue weighted by atomic mass is 28.3. The Morgan fingerprint density at radius 1 is 0.520 bits per heavy atom. The van der Waals surface area contributed by atoms with Crippen molar-refractivity contribution in [2.24, 2.45) is 0 Å². The molecule has 0 aliphatic carbocycles. The molecule has 0 radical (unpaired) electrons. The van der Waals surface area contributed by atoms with Crippen molar-refractivity contribution < 1.29 is 42.9 Å². The molecular weight excluding hydrogens is 627 g/mol. The van der Waals surface area contributed by atoms with Crippen LogP contribution >= 0.6 is 0 Å². The number of benzene rings is 6. The molecule has 0 N–H and O–H groups in total. The Bertz CT molecular complexity index is 4310. The number of hydrogen-bond donors (Lipinski definition) is 0. The van der Waals surface area contributed by atoms with Crippen LogP contribution in [0.2, 0.25) is 0 Å². The molecule has 0 spiro atoms. The standard InChI is InChI=1S/C44H30N5Si/c1-4-16-31(17-5-1)42-45-43(47-44(46-42)48-28-12-3-13-29-48)32-18-14-21-34(30-32)50(33-19-6-2-7-20-33)39-26-11-10-25-38(39)49-37-24-9-8-22-35(37)36-23-15-27-40(50)41(36)49/h1-30H/q+1/i1D,2D,3D,4D,6D,8D,9D,10D,11D,12D,13D,14D,15D,16D,17D,18D,19D,20D,21D,22D,23D,24D,25D,26D,27D,28D,29D,30D. The second-order valence-electron chi connectivity index (χ2n) is 10.6. The second kappa shape index (κ2) is 11.3. The minimum atomic E-state index is -6.05. The molecule has 1 aliphatic rings. The fraction of sp³-hybridized carbons (Fsp3) is 0. The predicted octanol–water partition coefficient (Wildman–Crippen LogP) is 6.27. The molecule has 9 aromatic rings. The zero-order valence-corrected chi connectivity index (χ0v) is 25.9. The van der Waals surface area contributed by atoms with Gasteiger partial charge in [0.05, 0.1) is 59.0 Å². The first-order valence-corrected chi connectivity index (χ1v) is 16.6. The lowest BCUT2D eigenvalue weighted by molar-refractivity contribution is -0.603. The number of rotatable bonds is 5. The van der Waals surface area contributed by atoms with Gasteiger partial charge in [0.2, 0.25) is 11.6 Å². The van der Waals surface area contributed by atoms with Crippen molar-refractivity contribution in [2.45, 2.75) is 0 Å². The van der Waals surface area contributed by atoms with E-state index >= 15 is 0 Å². The summed E-state index contributed by atoms with van der Waals surface area (Å²) < 4.78 is 256. The molecule has 4 heterocycles. The van der Waals surface area contributed by atoms with Crippen LogP contribution in [0.4, 0.5) is 0 Å². The van der Waals surface area contributed by atoms with Crippen LogP contribution in [0.15, 0.2) is 182 Å². The van der Waals surface area contributed by atoms with Crippen molar-refractivity contribution in [1.82, 2.24) is 19.5 Å². The second-order valence-corrected chi connectivity index (χ2v) is 14.1. The fourth-order valence-corrected chi connectivity index (χ4v) is 10.3. The SMILES string of the molecule is [2H]c1cc([2H])c(-c2nc(-c3c([2H])c([2H])c([2H])c([Si]4(c5c([2H])cc([2H])c([2H])c5[2H])c5c([2H])c([2H])c([2H])c([2H])c5-n5c6c([2H])c([2H])c([2H])c([2H])c6c6c([2H])c([2H])c([2H])c4c65)c3[2H])nc(-[n+]3c([2H])c([2H])c([2H])c([2H])c3[2H])n2)c([2H])c1[2H]. The summed E-state index contributed by atoms with van der Waals surface area (Å²) >= 11 is 0. The summed E-state index contributed by atoms with van der Waals surface area (Å²) in [5.74, 6) is -2.74. The van der Waals surface area contributed by atoms with Crippen LogP contribution < -0.4 is 25.3 Å². The molecule has 6 heteroatoms. The molecule has 10 rings (SSSR count). The molecule has 0 amide bonds. The van der Waals surface area contributed by atoms with Gasteiger partial charge in [-0.1, -0.05) is 121 Å². The van der Waals surface area contributed by atoms with E-state index in [2.05, 4.69) is 15.0 Å². The molecule has 3 aromatic heterocycles. The van der Waals surface area contributed by atoms with Gasteiger partial charge in [0.25, 0.3) is 0 Å². The maximum absolute atomic E-state index is 10.4. The minimum Gasteiger partial charge on any atom is -0.309 e. The Balaban J connectivity index is 1.54. The molecule has 50 heavy (non-hydrogen) atoms. The summed E-state index contributed by atoms with van der Waals surface area (Å²) in [6.07, 6.45) is -2.01. The van der Waals surface area contributed by atoms with E-state index in [-0.39, 0.29) is 0 Å². The van der Waals surface area contributed by atoms with Gasteiger partial charge in [-0.2, -0.15) is 4.98 Å². The van der Waals surface area contributed by atoms with E-state index in [0.717, 1.165) is 16.7 Å². The number of aromatic nitrogens is 5. The van der Waals surface area contributed by atoms with E-state index in [0.29, 0.717) is 4.57 Å². The van der Waals surface area contributed by atoms with Crippen molar-refractivity contribution in [3.63, 3.8) is 0 Å². The maximum Gasteiger partial charge on any atom is 0.441 e. The molecule has 1 unspecified atom stereocenters. The van der Waals surface area contributed by atoms with Gasteiger partial charge in [0, 0.05) is 27.6 Å². The van der Waals surface area contributed by atoms with E-state index in [9.17, 15) is 16.4 Å². The third-order valence-corrected chi connectivity index (χ3v) is 12.3. The third-order valence-electron chi connectivity index (χ3n) is 8.06. The quantitative estimate of drug-likeness (QED) is 0.159. The monoisotopic (exact) mass is 684 g/mol. The molecule has 0 fully saturated rings. The maximum atomic E-state index is 10.4. The summed E-state index contributed by atoms with van der Waals surface area (Å²) in [6.45, 7) is 0. The van der Waals surface area contributed by atoms with Gasteiger partial charge in [-0.25, -0.2) is 4.57 Å². The topological polar surface area (TPSA) is 47.5 Å². The fourth-order valence-electron chi connectivity index (χ4n) is 6.10. The molecule has 1 aliphatic heterocycles. The van der Waals surface area contributed by atoms with Crippen LogP contribution in [0, 0.1) is 0 Å². The number of hydrogen-bond acceptors (Lipinski definition) is 3. The summed E-state index contributed by atoms with van der Waals surface area (Å²) in [7, 11) is -6.05. The summed E-state index contributed by atoms with van der Waals surface area (Å²) in [4.78, 5) is 12.9. The first-order valence-electron chi connectivity index (χ1n) is 28.6. The average Bonchev–Trinajstić information content (AvgIpc) is 3.50. The van der Waals surface area contributed by atoms with Crippen LogP contribution in [0.1, 0.15) is 38.4 Å². The van der Waals surface area contributed by atoms with Crippen molar-refractivity contribution in [2.75, 3.05) is 0 Å². The highest BCUT2D eigenvalue weighted by Crippen LogP contribution is 2.35. The van der Waals surface area contributed by atoms with Gasteiger partial charge in [0.1, 0.15) is 2.74 Å². The molecule has 6 aromatic carbocycles. The van der Waals surface area contributed by atoms with Crippen LogP contribution in [-0.4, -0.2) is 27.6 Å². The Morgan fingerprint density at radius 2 is 1.20 bits per heavy atom. The van der Waals surface area contributed by atoms with Crippen LogP contribution in [0.3, 0.4) is 0 Å². The first-order chi connectivity index (χ1) is 36.4. The van der Waals surface area contributed by atoms with Crippen molar-refractivity contribution in [3.05, 3.63) is 182 Å². The predicted molar refractivity (Wildman–Crippen MR) is 204 cm³/mol. The lowest BCUT2D eigenvalue weighted by Gasteiger charge is -2.39. The van der Waals surface area contributed by atoms with E-state index in [4.69, 9.17) is 21.9 Å². The molecule has 0 saturated heterocycles. The van der Waals surface area contributed by atoms with Crippen LogP contribution in [0.5, 0.6) is 0 Å². The van der Waals surface area contributed by atoms with E-state index < -0.39 is 254 Å². The average molecular weight is 685 g/mol. The van der Waals surface area contributed by atoms with Gasteiger partial charge in [0.15, 0.2) is 8.07 Å². The van der Waals surface area contributed by atoms with Gasteiger partial charge in [-0.3, -0.25) is 0 Å². The zero-order chi connectivity index (χ0) is 57.4. The lowest BCUT2D eigenvalue weighted by atomic mass is 10.1. The minimum absolute atomic E-state index is 0.437. The Labute approximate surface area is 329 Å². The molecule has 0 saturated carbocycles. The van der Waals surface area contributed by atoms with Crippen molar-refractivity contribution in [3.8, 4) is 34.4 Å². The van der Waals surface area contributed by atoms with Gasteiger partial charge in [-0.05, 0) is 79.1 Å². The Kier molecular flexibility index (Phi) is 2.74. The van der Waals surface area contributed by atoms with Crippen LogP contribution in [0.25, 0.3) is 56.2 Å². The summed E-state index contributed by atoms with van der Waals surface area (Å²) in [5, 5.41) is -4.32. The zero-order valence-electron chi connectivity index (χ0n) is 52.9. The van der Waals surface area contributed by atoms with Gasteiger partial charge < -0.3 is 4.57 Å². The third kappa shape index (κ3) is 4.19. The van der Waals surface area contributed by atoms with E-state index in [1.54, 1.807) is 0 Å². The molecular formula is C44H30N5Si+. The molecule has 1 atom stereocenters. The van der Waals surface area contributed by atoms with Crippen LogP contribution in [-0.2, 0) is 0 Å². The van der Waals surface area contributed by atoms with Gasteiger partial charge >= 0.3 is 5.95 Å². The van der Waals surface area contributed by atoms with E-state index in [1.165, 1.54) is 0 Å². The molecule has 234 valence electrons. The van der Waals surface area contributed by atoms with Gasteiger partial charge in [-0.15, -0.1) is 0 Å². The smallest absolute Gasteiger partial charge is 0.309 e. The summed E-state index contributed by atoms with van der Waals surface area (Å²) in [5.41, 5.74) is -3.46. The number of nitrogens with zero attached hydrogens (tertiary/aromatic N) is 5. The Hall–Kier alpha value is -6.50. The number of fused-ring (bicyclic) bond motifs is 5. The molecule has 5 nitrogen and oxygen atoms in total. The Morgan fingerprint density at radius 3 is 2.12 bits per heavy atom.